The van der Waals surface area contributed by atoms with Crippen LogP contribution in [-0.4, -0.2) is 4.57 Å². The second-order valence-electron chi connectivity index (χ2n) is 6.09. The van der Waals surface area contributed by atoms with Crippen LogP contribution in [0.4, 0.5) is 0 Å². The Bertz CT molecular complexity index is 898. The number of hydrogen-bond acceptors (Lipinski definition) is 0. The van der Waals surface area contributed by atoms with E-state index in [1.807, 2.05) is 18.2 Å². The second-order valence-corrected chi connectivity index (χ2v) is 7.79. The molecule has 0 fully saturated rings. The number of rotatable bonds is 2. The van der Waals surface area contributed by atoms with Crippen LogP contribution < -0.4 is 0 Å². The zero-order valence-corrected chi connectivity index (χ0v) is 15.7. The minimum Gasteiger partial charge on any atom is -0.339 e. The number of fused-ring (bicyclic) bond motifs is 3. The van der Waals surface area contributed by atoms with Crippen molar-refractivity contribution in [3.63, 3.8) is 0 Å². The average molecular weight is 409 g/mol. The van der Waals surface area contributed by atoms with E-state index in [0.29, 0.717) is 5.02 Å². The van der Waals surface area contributed by atoms with E-state index in [1.165, 1.54) is 41.4 Å². The minimum absolute atomic E-state index is 0.680. The number of aromatic nitrogens is 1. The normalized spacial score (nSPS) is 14.2. The molecule has 2 aromatic carbocycles. The first-order chi connectivity index (χ1) is 11.1. The Kier molecular flexibility index (Phi) is 4.17. The second kappa shape index (κ2) is 6.16. The summed E-state index contributed by atoms with van der Waals surface area (Å²) < 4.78 is 3.58. The van der Waals surface area contributed by atoms with Crippen molar-refractivity contribution < 1.29 is 0 Å². The van der Waals surface area contributed by atoms with Crippen LogP contribution in [0.1, 0.15) is 29.7 Å². The lowest BCUT2D eigenvalue weighted by Crippen LogP contribution is -2.09. The third-order valence-electron chi connectivity index (χ3n) is 4.69. The van der Waals surface area contributed by atoms with E-state index in [0.717, 1.165) is 28.0 Å². The fraction of sp³-hybridized carbons (Fsp3) is 0.263. The van der Waals surface area contributed by atoms with E-state index in [2.05, 4.69) is 38.7 Å². The molecule has 0 amide bonds. The maximum absolute atomic E-state index is 6.41. The fourth-order valence-electron chi connectivity index (χ4n) is 3.64. The van der Waals surface area contributed by atoms with Gasteiger partial charge in [-0.25, -0.2) is 0 Å². The van der Waals surface area contributed by atoms with Gasteiger partial charge in [0, 0.05) is 32.1 Å². The molecule has 23 heavy (non-hydrogen) atoms. The summed E-state index contributed by atoms with van der Waals surface area (Å²) >= 11 is 16.2. The van der Waals surface area contributed by atoms with Crippen molar-refractivity contribution in [3.05, 3.63) is 67.7 Å². The summed E-state index contributed by atoms with van der Waals surface area (Å²) in [5.41, 5.74) is 5.37. The van der Waals surface area contributed by atoms with Crippen molar-refractivity contribution in [2.45, 2.75) is 32.2 Å². The van der Waals surface area contributed by atoms with Crippen LogP contribution in [0.25, 0.3) is 10.9 Å². The molecule has 4 heteroatoms. The average Bonchev–Trinajstić information content (AvgIpc) is 2.86. The predicted molar refractivity (Wildman–Crippen MR) is 102 cm³/mol. The lowest BCUT2D eigenvalue weighted by Gasteiger charge is -2.17. The Balaban J connectivity index is 1.92. The van der Waals surface area contributed by atoms with Crippen LogP contribution >= 0.6 is 39.1 Å². The zero-order chi connectivity index (χ0) is 16.0. The number of benzene rings is 2. The van der Waals surface area contributed by atoms with Gasteiger partial charge >= 0.3 is 0 Å². The van der Waals surface area contributed by atoms with Crippen LogP contribution in [0.2, 0.25) is 10.0 Å². The summed E-state index contributed by atoms with van der Waals surface area (Å²) in [4.78, 5) is 0. The maximum atomic E-state index is 6.41. The summed E-state index contributed by atoms with van der Waals surface area (Å²) in [7, 11) is 0. The number of para-hydroxylation sites is 1. The van der Waals surface area contributed by atoms with Gasteiger partial charge in [0.25, 0.3) is 0 Å². The van der Waals surface area contributed by atoms with E-state index >= 15 is 0 Å². The molecule has 0 N–H and O–H groups in total. The maximum Gasteiger partial charge on any atom is 0.0632 e. The van der Waals surface area contributed by atoms with Gasteiger partial charge in [0.2, 0.25) is 0 Å². The molecule has 0 radical (unpaired) electrons. The van der Waals surface area contributed by atoms with Gasteiger partial charge in [0.15, 0.2) is 0 Å². The number of aryl methyl sites for hydroxylation is 1. The number of nitrogens with zero attached hydrogens (tertiary/aromatic N) is 1. The Morgan fingerprint density at radius 3 is 2.70 bits per heavy atom. The fourth-order valence-corrected chi connectivity index (χ4v) is 4.69. The molecule has 1 heterocycles. The lowest BCUT2D eigenvalue weighted by molar-refractivity contribution is 0.638. The summed E-state index contributed by atoms with van der Waals surface area (Å²) in [6.07, 6.45) is 4.85. The highest BCUT2D eigenvalue weighted by Gasteiger charge is 2.21. The third-order valence-corrected chi connectivity index (χ3v) is 5.92. The molecule has 0 aliphatic heterocycles. The van der Waals surface area contributed by atoms with Crippen LogP contribution in [0.15, 0.2) is 40.9 Å². The van der Waals surface area contributed by atoms with Crippen LogP contribution in [0.5, 0.6) is 0 Å². The molecule has 0 bridgehead atoms. The van der Waals surface area contributed by atoms with Gasteiger partial charge < -0.3 is 4.57 Å². The van der Waals surface area contributed by atoms with Gasteiger partial charge in [0.1, 0.15) is 0 Å². The molecule has 1 aromatic heterocycles. The smallest absolute Gasteiger partial charge is 0.0632 e. The Morgan fingerprint density at radius 1 is 1.04 bits per heavy atom. The van der Waals surface area contributed by atoms with Gasteiger partial charge in [-0.3, -0.25) is 0 Å². The lowest BCUT2D eigenvalue weighted by atomic mass is 9.95. The topological polar surface area (TPSA) is 4.93 Å². The van der Waals surface area contributed by atoms with Crippen LogP contribution in [-0.2, 0) is 19.4 Å². The first kappa shape index (κ1) is 15.6. The highest BCUT2D eigenvalue weighted by Crippen LogP contribution is 2.37. The van der Waals surface area contributed by atoms with Crippen molar-refractivity contribution in [3.8, 4) is 0 Å². The predicted octanol–water partition coefficient (Wildman–Crippen LogP) is 6.64. The van der Waals surface area contributed by atoms with Crippen molar-refractivity contribution in [1.82, 2.24) is 4.57 Å². The molecule has 0 unspecified atom stereocenters. The van der Waals surface area contributed by atoms with Gasteiger partial charge in [0.05, 0.1) is 5.52 Å². The van der Waals surface area contributed by atoms with Crippen molar-refractivity contribution in [1.29, 1.82) is 0 Å². The summed E-state index contributed by atoms with van der Waals surface area (Å²) in [6, 6.07) is 12.3. The van der Waals surface area contributed by atoms with E-state index < -0.39 is 0 Å². The molecule has 4 rings (SSSR count). The van der Waals surface area contributed by atoms with Gasteiger partial charge in [-0.15, -0.1) is 0 Å². The third kappa shape index (κ3) is 2.71. The molecule has 0 spiro atoms. The zero-order valence-electron chi connectivity index (χ0n) is 12.6. The van der Waals surface area contributed by atoms with Gasteiger partial charge in [-0.2, -0.15) is 0 Å². The highest BCUT2D eigenvalue weighted by molar-refractivity contribution is 9.10. The highest BCUT2D eigenvalue weighted by atomic mass is 79.9. The van der Waals surface area contributed by atoms with E-state index in [1.54, 1.807) is 0 Å². The Morgan fingerprint density at radius 2 is 1.87 bits per heavy atom. The standard InChI is InChI=1S/C19H16BrCl2N/c20-16-6-3-5-15-14-4-1-2-7-18(14)23(19(15)16)11-12-8-9-13(21)10-17(12)22/h3,5-6,8-10H,1-2,4,7,11H2. The molecule has 0 saturated carbocycles. The van der Waals surface area contributed by atoms with Crippen molar-refractivity contribution in [2.75, 3.05) is 0 Å². The Labute approximate surface area is 154 Å². The quantitative estimate of drug-likeness (QED) is 0.447. The van der Waals surface area contributed by atoms with Crippen LogP contribution in [0, 0.1) is 0 Å². The first-order valence-electron chi connectivity index (χ1n) is 7.87. The molecular formula is C19H16BrCl2N. The minimum atomic E-state index is 0.680. The molecule has 3 aromatic rings. The molecule has 1 aliphatic rings. The molecule has 0 atom stereocenters. The number of hydrogen-bond donors (Lipinski definition) is 0. The summed E-state index contributed by atoms with van der Waals surface area (Å²) in [6.45, 7) is 0.782. The summed E-state index contributed by atoms with van der Waals surface area (Å²) in [5.74, 6) is 0. The number of halogens is 3. The van der Waals surface area contributed by atoms with Crippen LogP contribution in [0.3, 0.4) is 0 Å². The molecule has 0 saturated heterocycles. The van der Waals surface area contributed by atoms with E-state index in [-0.39, 0.29) is 0 Å². The largest absolute Gasteiger partial charge is 0.339 e. The van der Waals surface area contributed by atoms with Gasteiger partial charge in [-0.1, -0.05) is 41.4 Å². The molecule has 118 valence electrons. The molecule has 1 aliphatic carbocycles. The van der Waals surface area contributed by atoms with E-state index in [9.17, 15) is 0 Å². The monoisotopic (exact) mass is 407 g/mol. The van der Waals surface area contributed by atoms with Crippen molar-refractivity contribution >= 4 is 50.0 Å². The SMILES string of the molecule is Clc1ccc(Cn2c3c(c4cccc(Br)c42)CCCC3)c(Cl)c1. The van der Waals surface area contributed by atoms with Gasteiger partial charge in [-0.05, 0) is 70.9 Å². The van der Waals surface area contributed by atoms with E-state index in [4.69, 9.17) is 23.2 Å². The van der Waals surface area contributed by atoms with Crippen molar-refractivity contribution in [2.24, 2.45) is 0 Å². The molecular weight excluding hydrogens is 393 g/mol. The summed E-state index contributed by atoms with van der Waals surface area (Å²) in [5, 5.41) is 2.79. The Hall–Kier alpha value is -0.960. The first-order valence-corrected chi connectivity index (χ1v) is 9.42. The molecule has 1 nitrogen and oxygen atoms in total.